The second-order valence-electron chi connectivity index (χ2n) is 3.16. The van der Waals surface area contributed by atoms with Crippen molar-refractivity contribution in [2.75, 3.05) is 6.26 Å². The Morgan fingerprint density at radius 1 is 1.57 bits per heavy atom. The Hall–Kier alpha value is -0.950. The number of imidazole rings is 1. The lowest BCUT2D eigenvalue weighted by Crippen LogP contribution is -2.34. The first-order valence-electron chi connectivity index (χ1n) is 4.80. The third-order valence-electron chi connectivity index (χ3n) is 2.07. The Labute approximate surface area is 89.1 Å². The SMILES string of the molecule is CSC[n+]1cc[nH]c1CCCCC#N. The minimum Gasteiger partial charge on any atom is -0.248 e. The molecule has 0 spiro atoms. The molecule has 1 heterocycles. The van der Waals surface area contributed by atoms with Crippen molar-refractivity contribution in [1.82, 2.24) is 4.98 Å². The van der Waals surface area contributed by atoms with Crippen LogP contribution in [-0.2, 0) is 12.3 Å². The Bertz CT molecular complexity index is 301. The van der Waals surface area contributed by atoms with Gasteiger partial charge < -0.3 is 0 Å². The Balaban J connectivity index is 2.34. The minimum atomic E-state index is 0.670. The number of hydrogen-bond acceptors (Lipinski definition) is 2. The second-order valence-corrected chi connectivity index (χ2v) is 4.00. The number of aromatic amines is 1. The highest BCUT2D eigenvalue weighted by Gasteiger charge is 2.08. The molecule has 0 aliphatic heterocycles. The van der Waals surface area contributed by atoms with Gasteiger partial charge in [-0.1, -0.05) is 0 Å². The first kappa shape index (κ1) is 11.1. The maximum absolute atomic E-state index is 8.40. The van der Waals surface area contributed by atoms with E-state index >= 15 is 0 Å². The molecule has 0 radical (unpaired) electrons. The summed E-state index contributed by atoms with van der Waals surface area (Å²) in [7, 11) is 0. The molecule has 1 aromatic rings. The highest BCUT2D eigenvalue weighted by atomic mass is 32.2. The summed E-state index contributed by atoms with van der Waals surface area (Å²) in [5.41, 5.74) is 0. The fourth-order valence-corrected chi connectivity index (χ4v) is 1.89. The number of thioether (sulfide) groups is 1. The van der Waals surface area contributed by atoms with Gasteiger partial charge in [0.1, 0.15) is 18.3 Å². The van der Waals surface area contributed by atoms with Crippen molar-refractivity contribution in [2.24, 2.45) is 0 Å². The zero-order valence-corrected chi connectivity index (χ0v) is 9.31. The van der Waals surface area contributed by atoms with Crippen LogP contribution in [-0.4, -0.2) is 11.2 Å². The van der Waals surface area contributed by atoms with E-state index in [-0.39, 0.29) is 0 Å². The summed E-state index contributed by atoms with van der Waals surface area (Å²) in [4.78, 5) is 3.23. The summed E-state index contributed by atoms with van der Waals surface area (Å²) in [5.74, 6) is 2.26. The van der Waals surface area contributed by atoms with Gasteiger partial charge in [-0.15, -0.1) is 11.8 Å². The predicted molar refractivity (Wildman–Crippen MR) is 57.7 cm³/mol. The van der Waals surface area contributed by atoms with E-state index in [9.17, 15) is 0 Å². The molecule has 0 atom stereocenters. The van der Waals surface area contributed by atoms with Crippen LogP contribution in [0.1, 0.15) is 25.1 Å². The average molecular weight is 210 g/mol. The Morgan fingerprint density at radius 2 is 2.43 bits per heavy atom. The number of aryl methyl sites for hydroxylation is 1. The summed E-state index contributed by atoms with van der Waals surface area (Å²) in [6, 6.07) is 2.17. The molecular formula is C10H16N3S+. The normalized spacial score (nSPS) is 10.0. The molecule has 1 rings (SSSR count). The van der Waals surface area contributed by atoms with Crippen molar-refractivity contribution in [3.8, 4) is 6.07 Å². The maximum atomic E-state index is 8.40. The van der Waals surface area contributed by atoms with Crippen LogP contribution >= 0.6 is 11.8 Å². The molecule has 0 saturated carbocycles. The van der Waals surface area contributed by atoms with E-state index in [0.29, 0.717) is 6.42 Å². The lowest BCUT2D eigenvalue weighted by atomic mass is 10.2. The molecule has 0 aliphatic carbocycles. The third-order valence-corrected chi connectivity index (χ3v) is 2.61. The predicted octanol–water partition coefficient (Wildman–Crippen LogP) is 1.86. The number of nitrogens with zero attached hydrogens (tertiary/aromatic N) is 2. The van der Waals surface area contributed by atoms with Crippen molar-refractivity contribution >= 4 is 11.8 Å². The number of nitrogens with one attached hydrogen (secondary N) is 1. The van der Waals surface area contributed by atoms with Crippen molar-refractivity contribution in [3.63, 3.8) is 0 Å². The molecule has 76 valence electrons. The number of aromatic nitrogens is 2. The first-order valence-corrected chi connectivity index (χ1v) is 6.19. The van der Waals surface area contributed by atoms with Crippen LogP contribution in [0.3, 0.4) is 0 Å². The van der Waals surface area contributed by atoms with Crippen LogP contribution in [0.15, 0.2) is 12.4 Å². The van der Waals surface area contributed by atoms with Crippen molar-refractivity contribution in [2.45, 2.75) is 31.6 Å². The fraction of sp³-hybridized carbons (Fsp3) is 0.600. The number of unbranched alkanes of at least 4 members (excludes halogenated alkanes) is 2. The smallest absolute Gasteiger partial charge is 0.248 e. The largest absolute Gasteiger partial charge is 0.254 e. The molecule has 3 nitrogen and oxygen atoms in total. The highest BCUT2D eigenvalue weighted by molar-refractivity contribution is 7.97. The van der Waals surface area contributed by atoms with Gasteiger partial charge in [0.2, 0.25) is 0 Å². The molecule has 4 heteroatoms. The summed E-state index contributed by atoms with van der Waals surface area (Å²) >= 11 is 1.81. The number of hydrogen-bond donors (Lipinski definition) is 1. The second kappa shape index (κ2) is 6.50. The molecule has 14 heavy (non-hydrogen) atoms. The third kappa shape index (κ3) is 3.43. The van der Waals surface area contributed by atoms with E-state index in [2.05, 4.69) is 28.1 Å². The Kier molecular flexibility index (Phi) is 5.16. The van der Waals surface area contributed by atoms with Gasteiger partial charge in [0.25, 0.3) is 5.82 Å². The van der Waals surface area contributed by atoms with Gasteiger partial charge in [-0.05, 0) is 19.1 Å². The van der Waals surface area contributed by atoms with Gasteiger partial charge >= 0.3 is 0 Å². The lowest BCUT2D eigenvalue weighted by Gasteiger charge is -1.97. The number of nitriles is 1. The molecule has 1 N–H and O–H groups in total. The minimum absolute atomic E-state index is 0.670. The molecule has 0 bridgehead atoms. The molecule has 0 unspecified atom stereocenters. The fourth-order valence-electron chi connectivity index (χ4n) is 1.37. The zero-order chi connectivity index (χ0) is 10.2. The van der Waals surface area contributed by atoms with Gasteiger partial charge in [-0.3, -0.25) is 0 Å². The van der Waals surface area contributed by atoms with E-state index in [1.165, 1.54) is 5.82 Å². The van der Waals surface area contributed by atoms with E-state index in [1.54, 1.807) is 0 Å². The number of rotatable bonds is 6. The van der Waals surface area contributed by atoms with Gasteiger partial charge in [-0.2, -0.15) is 5.26 Å². The molecule has 0 aliphatic rings. The standard InChI is InChI=1S/C10H15N3S/c1-14-9-13-8-7-12-10(13)5-3-2-4-6-11/h7-8H,2-5,9H2,1H3/p+1. The van der Waals surface area contributed by atoms with E-state index in [1.807, 2.05) is 18.0 Å². The molecule has 0 saturated heterocycles. The van der Waals surface area contributed by atoms with Crippen LogP contribution in [0, 0.1) is 11.3 Å². The van der Waals surface area contributed by atoms with Crippen LogP contribution in [0.5, 0.6) is 0 Å². The van der Waals surface area contributed by atoms with Crippen LogP contribution in [0.4, 0.5) is 0 Å². The monoisotopic (exact) mass is 210 g/mol. The van der Waals surface area contributed by atoms with E-state index in [4.69, 9.17) is 5.26 Å². The van der Waals surface area contributed by atoms with Crippen LogP contribution in [0.25, 0.3) is 0 Å². The molecule has 0 fully saturated rings. The summed E-state index contributed by atoms with van der Waals surface area (Å²) in [6.45, 7) is 0. The molecule has 0 amide bonds. The van der Waals surface area contributed by atoms with Crippen LogP contribution in [0.2, 0.25) is 0 Å². The topological polar surface area (TPSA) is 43.5 Å². The molecule has 0 aromatic carbocycles. The maximum Gasteiger partial charge on any atom is 0.254 e. The Morgan fingerprint density at radius 3 is 3.14 bits per heavy atom. The van der Waals surface area contributed by atoms with Crippen LogP contribution < -0.4 is 4.57 Å². The highest BCUT2D eigenvalue weighted by Crippen LogP contribution is 2.01. The van der Waals surface area contributed by atoms with Gasteiger partial charge in [-0.25, -0.2) is 9.55 Å². The van der Waals surface area contributed by atoms with Crippen molar-refractivity contribution < 1.29 is 4.57 Å². The van der Waals surface area contributed by atoms with Crippen molar-refractivity contribution in [3.05, 3.63) is 18.2 Å². The first-order chi connectivity index (χ1) is 6.88. The van der Waals surface area contributed by atoms with E-state index in [0.717, 1.165) is 25.1 Å². The van der Waals surface area contributed by atoms with Gasteiger partial charge in [0.15, 0.2) is 0 Å². The summed E-state index contributed by atoms with van der Waals surface area (Å²) < 4.78 is 2.22. The molecule has 1 aromatic heterocycles. The number of H-pyrrole nitrogens is 1. The van der Waals surface area contributed by atoms with Crippen molar-refractivity contribution in [1.29, 1.82) is 5.26 Å². The average Bonchev–Trinajstić information content (AvgIpc) is 2.61. The quantitative estimate of drug-likeness (QED) is 0.575. The summed E-state index contributed by atoms with van der Waals surface area (Å²) in [5, 5.41) is 8.40. The summed E-state index contributed by atoms with van der Waals surface area (Å²) in [6.07, 6.45) is 9.92. The van der Waals surface area contributed by atoms with Gasteiger partial charge in [0, 0.05) is 12.8 Å². The van der Waals surface area contributed by atoms with E-state index < -0.39 is 0 Å². The molecular weight excluding hydrogens is 194 g/mol. The lowest BCUT2D eigenvalue weighted by molar-refractivity contribution is -0.682. The zero-order valence-electron chi connectivity index (χ0n) is 8.49. The van der Waals surface area contributed by atoms with Gasteiger partial charge in [0.05, 0.1) is 6.07 Å².